The number of halogens is 3. The number of methoxy groups -OCH3 is 1. The van der Waals surface area contributed by atoms with E-state index in [9.17, 15) is 8.78 Å². The maximum absolute atomic E-state index is 12.5. The summed E-state index contributed by atoms with van der Waals surface area (Å²) >= 11 is 0. The third-order valence-electron chi connectivity index (χ3n) is 3.45. The van der Waals surface area contributed by atoms with E-state index in [2.05, 4.69) is 20.4 Å². The van der Waals surface area contributed by atoms with Gasteiger partial charge in [0.15, 0.2) is 17.5 Å². The van der Waals surface area contributed by atoms with Gasteiger partial charge < -0.3 is 24.5 Å². The number of rotatable bonds is 9. The molecule has 0 aliphatic rings. The fourth-order valence-corrected chi connectivity index (χ4v) is 2.28. The van der Waals surface area contributed by atoms with Gasteiger partial charge in [-0.25, -0.2) is 4.99 Å². The fraction of sp³-hybridized carbons (Fsp3) is 0.389. The highest BCUT2D eigenvalue weighted by Gasteiger charge is 2.11. The number of ether oxygens (including phenoxy) is 2. The molecular formula is C18H24F2IN3O3. The van der Waals surface area contributed by atoms with E-state index in [4.69, 9.17) is 9.15 Å². The van der Waals surface area contributed by atoms with Gasteiger partial charge in [-0.3, -0.25) is 0 Å². The summed E-state index contributed by atoms with van der Waals surface area (Å²) in [7, 11) is 1.40. The first-order valence-electron chi connectivity index (χ1n) is 8.28. The number of hydrogen-bond donors (Lipinski definition) is 2. The van der Waals surface area contributed by atoms with E-state index in [1.54, 1.807) is 18.4 Å². The first kappa shape index (κ1) is 23.0. The van der Waals surface area contributed by atoms with Crippen LogP contribution in [0, 0.1) is 0 Å². The van der Waals surface area contributed by atoms with Gasteiger partial charge in [0.05, 0.1) is 19.9 Å². The van der Waals surface area contributed by atoms with Crippen LogP contribution in [-0.2, 0) is 13.0 Å². The number of guanidine groups is 1. The Bertz CT molecular complexity index is 697. The zero-order chi connectivity index (χ0) is 18.8. The minimum absolute atomic E-state index is 0. The van der Waals surface area contributed by atoms with Crippen LogP contribution in [0.1, 0.15) is 18.2 Å². The normalized spacial score (nSPS) is 11.1. The standard InChI is InChI=1S/C18H23F2N3O3.HI/c1-3-21-18(22-9-8-14-5-4-10-25-14)23-12-13-6-7-15(24-2)16(11-13)26-17(19)20;/h4-7,10-11,17H,3,8-9,12H2,1-2H3,(H2,21,22,23);1H. The first-order chi connectivity index (χ1) is 12.6. The van der Waals surface area contributed by atoms with Crippen molar-refractivity contribution in [2.75, 3.05) is 20.2 Å². The molecule has 1 aromatic heterocycles. The van der Waals surface area contributed by atoms with Gasteiger partial charge in [-0.05, 0) is 36.8 Å². The molecule has 0 unspecified atom stereocenters. The van der Waals surface area contributed by atoms with Crippen molar-refractivity contribution in [2.45, 2.75) is 26.5 Å². The summed E-state index contributed by atoms with van der Waals surface area (Å²) in [6, 6.07) is 8.60. The lowest BCUT2D eigenvalue weighted by atomic mass is 10.2. The monoisotopic (exact) mass is 495 g/mol. The van der Waals surface area contributed by atoms with Gasteiger partial charge in [0, 0.05) is 19.5 Å². The SMILES string of the molecule is CCNC(=NCc1ccc(OC)c(OC(F)F)c1)NCCc1ccco1.I. The zero-order valence-electron chi connectivity index (χ0n) is 15.2. The summed E-state index contributed by atoms with van der Waals surface area (Å²) in [5, 5.41) is 6.34. The second kappa shape index (κ2) is 12.4. The molecule has 0 spiro atoms. The smallest absolute Gasteiger partial charge is 0.387 e. The molecule has 9 heteroatoms. The third-order valence-corrected chi connectivity index (χ3v) is 3.45. The summed E-state index contributed by atoms with van der Waals surface area (Å²) in [6.45, 7) is 0.713. The number of hydrogen-bond acceptors (Lipinski definition) is 4. The molecule has 2 rings (SSSR count). The number of alkyl halides is 2. The Morgan fingerprint density at radius 3 is 2.67 bits per heavy atom. The maximum Gasteiger partial charge on any atom is 0.387 e. The molecule has 0 aliphatic heterocycles. The van der Waals surface area contributed by atoms with Gasteiger partial charge >= 0.3 is 6.61 Å². The average molecular weight is 495 g/mol. The number of furan rings is 1. The summed E-state index contributed by atoms with van der Waals surface area (Å²) in [6.07, 6.45) is 2.36. The van der Waals surface area contributed by atoms with Crippen LogP contribution in [0.3, 0.4) is 0 Å². The van der Waals surface area contributed by atoms with Crippen LogP contribution in [0.15, 0.2) is 46.0 Å². The van der Waals surface area contributed by atoms with Crippen molar-refractivity contribution in [2.24, 2.45) is 4.99 Å². The lowest BCUT2D eigenvalue weighted by Crippen LogP contribution is -2.38. The summed E-state index contributed by atoms with van der Waals surface area (Å²) in [4.78, 5) is 4.46. The molecule has 0 atom stereocenters. The number of nitrogens with one attached hydrogen (secondary N) is 2. The Kier molecular flexibility index (Phi) is 10.5. The molecule has 0 radical (unpaired) electrons. The van der Waals surface area contributed by atoms with Crippen LogP contribution in [0.4, 0.5) is 8.78 Å². The van der Waals surface area contributed by atoms with E-state index in [-0.39, 0.29) is 35.5 Å². The van der Waals surface area contributed by atoms with Crippen molar-refractivity contribution in [3.63, 3.8) is 0 Å². The highest BCUT2D eigenvalue weighted by molar-refractivity contribution is 14.0. The molecule has 1 aromatic carbocycles. The van der Waals surface area contributed by atoms with Crippen molar-refractivity contribution in [1.29, 1.82) is 0 Å². The van der Waals surface area contributed by atoms with Gasteiger partial charge in [-0.1, -0.05) is 6.07 Å². The summed E-state index contributed by atoms with van der Waals surface area (Å²) < 4.78 is 39.8. The Balaban J connectivity index is 0.00000364. The Morgan fingerprint density at radius 1 is 1.22 bits per heavy atom. The Morgan fingerprint density at radius 2 is 2.04 bits per heavy atom. The Hall–Kier alpha value is -2.04. The van der Waals surface area contributed by atoms with Gasteiger partial charge in [-0.15, -0.1) is 24.0 Å². The highest BCUT2D eigenvalue weighted by atomic mass is 127. The second-order valence-corrected chi connectivity index (χ2v) is 5.32. The van der Waals surface area contributed by atoms with E-state index < -0.39 is 6.61 Å². The maximum atomic E-state index is 12.5. The second-order valence-electron chi connectivity index (χ2n) is 5.32. The molecule has 0 saturated heterocycles. The van der Waals surface area contributed by atoms with Crippen molar-refractivity contribution < 1.29 is 22.7 Å². The van der Waals surface area contributed by atoms with Gasteiger partial charge in [0.25, 0.3) is 0 Å². The molecule has 2 aromatic rings. The van der Waals surface area contributed by atoms with Crippen LogP contribution in [-0.4, -0.2) is 32.8 Å². The van der Waals surface area contributed by atoms with Crippen LogP contribution < -0.4 is 20.1 Å². The molecule has 6 nitrogen and oxygen atoms in total. The molecule has 0 bridgehead atoms. The highest BCUT2D eigenvalue weighted by Crippen LogP contribution is 2.29. The summed E-state index contributed by atoms with van der Waals surface area (Å²) in [5.41, 5.74) is 0.727. The van der Waals surface area contributed by atoms with Gasteiger partial charge in [0.2, 0.25) is 0 Å². The molecule has 0 saturated carbocycles. The quantitative estimate of drug-likeness (QED) is 0.315. The molecule has 0 fully saturated rings. The van der Waals surface area contributed by atoms with Crippen LogP contribution in [0.25, 0.3) is 0 Å². The number of nitrogens with zero attached hydrogens (tertiary/aromatic N) is 1. The van der Waals surface area contributed by atoms with Crippen molar-refractivity contribution >= 4 is 29.9 Å². The fourth-order valence-electron chi connectivity index (χ4n) is 2.28. The molecular weight excluding hydrogens is 471 g/mol. The minimum Gasteiger partial charge on any atom is -0.493 e. The summed E-state index contributed by atoms with van der Waals surface area (Å²) in [5.74, 6) is 1.76. The van der Waals surface area contributed by atoms with E-state index in [0.29, 0.717) is 25.6 Å². The van der Waals surface area contributed by atoms with E-state index in [0.717, 1.165) is 17.7 Å². The van der Waals surface area contributed by atoms with Crippen LogP contribution in [0.2, 0.25) is 0 Å². The first-order valence-corrected chi connectivity index (χ1v) is 8.28. The van der Waals surface area contributed by atoms with Crippen molar-refractivity contribution in [3.8, 4) is 11.5 Å². The molecule has 0 aliphatic carbocycles. The van der Waals surface area contributed by atoms with Crippen LogP contribution in [0.5, 0.6) is 11.5 Å². The minimum atomic E-state index is -2.91. The van der Waals surface area contributed by atoms with Crippen molar-refractivity contribution in [3.05, 3.63) is 47.9 Å². The molecule has 2 N–H and O–H groups in total. The largest absolute Gasteiger partial charge is 0.493 e. The topological polar surface area (TPSA) is 68.0 Å². The number of aliphatic imine (C=N–C) groups is 1. The average Bonchev–Trinajstić information content (AvgIpc) is 3.13. The molecule has 0 amide bonds. The predicted molar refractivity (Wildman–Crippen MR) is 110 cm³/mol. The van der Waals surface area contributed by atoms with Crippen LogP contribution >= 0.6 is 24.0 Å². The predicted octanol–water partition coefficient (Wildman–Crippen LogP) is 3.81. The lowest BCUT2D eigenvalue weighted by molar-refractivity contribution is -0.0512. The third kappa shape index (κ3) is 8.02. The molecule has 150 valence electrons. The van der Waals surface area contributed by atoms with Crippen molar-refractivity contribution in [1.82, 2.24) is 10.6 Å². The van der Waals surface area contributed by atoms with Gasteiger partial charge in [0.1, 0.15) is 5.76 Å². The molecule has 27 heavy (non-hydrogen) atoms. The van der Waals surface area contributed by atoms with E-state index in [1.165, 1.54) is 13.2 Å². The molecule has 1 heterocycles. The number of benzene rings is 1. The lowest BCUT2D eigenvalue weighted by Gasteiger charge is -2.12. The van der Waals surface area contributed by atoms with E-state index >= 15 is 0 Å². The Labute approximate surface area is 174 Å². The van der Waals surface area contributed by atoms with E-state index in [1.807, 2.05) is 19.1 Å². The zero-order valence-corrected chi connectivity index (χ0v) is 17.5. The van der Waals surface area contributed by atoms with Gasteiger partial charge in [-0.2, -0.15) is 8.78 Å².